The first-order chi connectivity index (χ1) is 10.4. The molecular weight excluding hydrogens is 326 g/mol. The number of halogens is 1. The number of hydrogen-bond donors (Lipinski definition) is 2. The fraction of sp³-hybridized carbons (Fsp3) is 0.214. The lowest BCUT2D eigenvalue weighted by molar-refractivity contribution is -0.123. The molecular formula is C14H14ClN3O3S. The van der Waals surface area contributed by atoms with Crippen molar-refractivity contribution in [3.05, 3.63) is 40.5 Å². The lowest BCUT2D eigenvalue weighted by atomic mass is 10.2. The molecule has 1 aromatic carbocycles. The smallest absolute Gasteiger partial charge is 0.343 e. The monoisotopic (exact) mass is 339 g/mol. The van der Waals surface area contributed by atoms with E-state index in [0.29, 0.717) is 16.4 Å². The van der Waals surface area contributed by atoms with E-state index in [-0.39, 0.29) is 10.6 Å². The van der Waals surface area contributed by atoms with E-state index >= 15 is 0 Å². The molecule has 2 aromatic rings. The summed E-state index contributed by atoms with van der Waals surface area (Å²) in [6, 6.07) is 6.67. The lowest BCUT2D eigenvalue weighted by Gasteiger charge is -2.13. The zero-order valence-corrected chi connectivity index (χ0v) is 13.5. The van der Waals surface area contributed by atoms with Crippen LogP contribution >= 0.6 is 23.1 Å². The van der Waals surface area contributed by atoms with Gasteiger partial charge in [0.15, 0.2) is 6.10 Å². The molecule has 0 saturated heterocycles. The molecule has 0 bridgehead atoms. The van der Waals surface area contributed by atoms with Crippen molar-refractivity contribution in [2.24, 2.45) is 0 Å². The molecule has 0 aliphatic rings. The number of hydrogen-bond acceptors (Lipinski definition) is 6. The largest absolute Gasteiger partial charge is 0.449 e. The molecule has 116 valence electrons. The molecule has 1 aromatic heterocycles. The summed E-state index contributed by atoms with van der Waals surface area (Å²) in [4.78, 5) is 24.1. The molecule has 0 aliphatic carbocycles. The van der Waals surface area contributed by atoms with Crippen LogP contribution in [0.2, 0.25) is 5.02 Å². The third kappa shape index (κ3) is 3.75. The first kappa shape index (κ1) is 16.3. The van der Waals surface area contributed by atoms with Crippen molar-refractivity contribution in [3.63, 3.8) is 0 Å². The maximum atomic E-state index is 12.0. The molecule has 8 heteroatoms. The van der Waals surface area contributed by atoms with E-state index in [1.807, 2.05) is 0 Å². The van der Waals surface area contributed by atoms with Crippen molar-refractivity contribution >= 4 is 45.7 Å². The van der Waals surface area contributed by atoms with Crippen LogP contribution in [0.25, 0.3) is 0 Å². The van der Waals surface area contributed by atoms with Crippen molar-refractivity contribution in [2.45, 2.75) is 20.0 Å². The van der Waals surface area contributed by atoms with Gasteiger partial charge in [-0.25, -0.2) is 4.79 Å². The topological polar surface area (TPSA) is 94.3 Å². The second-order valence-electron chi connectivity index (χ2n) is 4.55. The Bertz CT molecular complexity index is 698. The molecule has 0 aliphatic heterocycles. The number of ether oxygens (including phenoxy) is 1. The van der Waals surface area contributed by atoms with Crippen LogP contribution < -0.4 is 11.1 Å². The van der Waals surface area contributed by atoms with Crippen LogP contribution in [0.1, 0.15) is 23.0 Å². The number of aryl methyl sites for hydroxylation is 1. The van der Waals surface area contributed by atoms with E-state index in [0.717, 1.165) is 11.5 Å². The predicted molar refractivity (Wildman–Crippen MR) is 86.2 cm³/mol. The highest BCUT2D eigenvalue weighted by Gasteiger charge is 2.23. The Morgan fingerprint density at radius 2 is 2.18 bits per heavy atom. The molecule has 0 fully saturated rings. The van der Waals surface area contributed by atoms with E-state index in [1.165, 1.54) is 6.92 Å². The number of amides is 1. The summed E-state index contributed by atoms with van der Waals surface area (Å²) in [6.45, 7) is 3.13. The van der Waals surface area contributed by atoms with Crippen LogP contribution in [-0.2, 0) is 9.53 Å². The van der Waals surface area contributed by atoms with Crippen molar-refractivity contribution in [1.29, 1.82) is 0 Å². The van der Waals surface area contributed by atoms with E-state index in [2.05, 4.69) is 9.69 Å². The molecule has 0 spiro atoms. The third-order valence-electron chi connectivity index (χ3n) is 2.84. The summed E-state index contributed by atoms with van der Waals surface area (Å²) in [6.07, 6.45) is -0.981. The Kier molecular flexibility index (Phi) is 4.99. The highest BCUT2D eigenvalue weighted by molar-refractivity contribution is 7.10. The van der Waals surface area contributed by atoms with Crippen molar-refractivity contribution < 1.29 is 14.3 Å². The fourth-order valence-electron chi connectivity index (χ4n) is 1.72. The Balaban J connectivity index is 2.01. The van der Waals surface area contributed by atoms with E-state index < -0.39 is 18.0 Å². The summed E-state index contributed by atoms with van der Waals surface area (Å²) < 4.78 is 9.09. The molecule has 0 radical (unpaired) electrons. The number of rotatable bonds is 4. The second kappa shape index (κ2) is 6.76. The SMILES string of the molecule is Cc1nsc(N)c1C(=O)O[C@H](C)C(=O)Nc1cccc(Cl)c1. The number of nitrogens with one attached hydrogen (secondary N) is 1. The van der Waals surface area contributed by atoms with E-state index in [1.54, 1.807) is 31.2 Å². The molecule has 2 rings (SSSR count). The molecule has 22 heavy (non-hydrogen) atoms. The Morgan fingerprint density at radius 1 is 1.45 bits per heavy atom. The average molecular weight is 340 g/mol. The number of esters is 1. The average Bonchev–Trinajstić information content (AvgIpc) is 2.78. The Hall–Kier alpha value is -2.12. The molecule has 1 amide bonds. The van der Waals surface area contributed by atoms with Gasteiger partial charge in [0.2, 0.25) is 0 Å². The van der Waals surface area contributed by atoms with Crippen LogP contribution in [0.15, 0.2) is 24.3 Å². The first-order valence-electron chi connectivity index (χ1n) is 6.37. The lowest BCUT2D eigenvalue weighted by Crippen LogP contribution is -2.30. The van der Waals surface area contributed by atoms with E-state index in [9.17, 15) is 9.59 Å². The normalized spacial score (nSPS) is 11.8. The summed E-state index contributed by atoms with van der Waals surface area (Å²) in [5.74, 6) is -1.13. The molecule has 6 nitrogen and oxygen atoms in total. The van der Waals surface area contributed by atoms with Gasteiger partial charge in [0, 0.05) is 10.7 Å². The summed E-state index contributed by atoms with van der Waals surface area (Å²) in [7, 11) is 0. The van der Waals surface area contributed by atoms with Crippen LogP contribution in [0.4, 0.5) is 10.7 Å². The van der Waals surface area contributed by atoms with Gasteiger partial charge >= 0.3 is 5.97 Å². The number of anilines is 2. The van der Waals surface area contributed by atoms with Crippen LogP contribution in [-0.4, -0.2) is 22.4 Å². The van der Waals surface area contributed by atoms with Gasteiger partial charge in [-0.15, -0.1) is 0 Å². The maximum absolute atomic E-state index is 12.0. The fourth-order valence-corrected chi connectivity index (χ4v) is 2.56. The van der Waals surface area contributed by atoms with Gasteiger partial charge in [-0.3, -0.25) is 4.79 Å². The van der Waals surface area contributed by atoms with E-state index in [4.69, 9.17) is 22.1 Å². The van der Waals surface area contributed by atoms with Gasteiger partial charge in [0.1, 0.15) is 10.6 Å². The zero-order valence-electron chi connectivity index (χ0n) is 11.9. The first-order valence-corrected chi connectivity index (χ1v) is 7.52. The standard InChI is InChI=1S/C14H14ClN3O3S/c1-7-11(12(16)22-18-7)14(20)21-8(2)13(19)17-10-5-3-4-9(15)6-10/h3-6,8H,16H2,1-2H3,(H,17,19)/t8-/m1/s1. The van der Waals surface area contributed by atoms with Gasteiger partial charge in [-0.05, 0) is 43.6 Å². The summed E-state index contributed by atoms with van der Waals surface area (Å²) in [5.41, 5.74) is 6.88. The predicted octanol–water partition coefficient (Wildman–Crippen LogP) is 2.87. The van der Waals surface area contributed by atoms with Crippen molar-refractivity contribution in [1.82, 2.24) is 4.37 Å². The number of aromatic nitrogens is 1. The maximum Gasteiger partial charge on any atom is 0.343 e. The van der Waals surface area contributed by atoms with Crippen LogP contribution in [0.5, 0.6) is 0 Å². The summed E-state index contributed by atoms with van der Waals surface area (Å²) in [5, 5.41) is 3.38. The van der Waals surface area contributed by atoms with Crippen LogP contribution in [0.3, 0.4) is 0 Å². The number of carbonyl (C=O) groups excluding carboxylic acids is 2. The Labute approximate surface area is 136 Å². The number of carbonyl (C=O) groups is 2. The van der Waals surface area contributed by atoms with Crippen molar-refractivity contribution in [3.8, 4) is 0 Å². The van der Waals surface area contributed by atoms with Gasteiger partial charge in [-0.1, -0.05) is 17.7 Å². The quantitative estimate of drug-likeness (QED) is 0.835. The highest BCUT2D eigenvalue weighted by Crippen LogP contribution is 2.22. The molecule has 3 N–H and O–H groups in total. The number of benzene rings is 1. The second-order valence-corrected chi connectivity index (χ2v) is 5.80. The minimum absolute atomic E-state index is 0.201. The third-order valence-corrected chi connectivity index (χ3v) is 3.84. The minimum atomic E-state index is -0.981. The van der Waals surface area contributed by atoms with Gasteiger partial charge in [0.05, 0.1) is 5.69 Å². The zero-order chi connectivity index (χ0) is 16.3. The van der Waals surface area contributed by atoms with Gasteiger partial charge in [0.25, 0.3) is 5.91 Å². The van der Waals surface area contributed by atoms with Gasteiger partial charge < -0.3 is 15.8 Å². The molecule has 1 heterocycles. The minimum Gasteiger partial charge on any atom is -0.449 e. The molecule has 0 unspecified atom stereocenters. The number of nitrogen functional groups attached to an aromatic ring is 1. The highest BCUT2D eigenvalue weighted by atomic mass is 35.5. The molecule has 0 saturated carbocycles. The van der Waals surface area contributed by atoms with Crippen molar-refractivity contribution in [2.75, 3.05) is 11.1 Å². The summed E-state index contributed by atoms with van der Waals surface area (Å²) >= 11 is 6.85. The number of nitrogens with zero attached hydrogens (tertiary/aromatic N) is 1. The molecule has 1 atom stereocenters. The van der Waals surface area contributed by atoms with Gasteiger partial charge in [-0.2, -0.15) is 4.37 Å². The van der Waals surface area contributed by atoms with Crippen LogP contribution in [0, 0.1) is 6.92 Å². The Morgan fingerprint density at radius 3 is 2.77 bits per heavy atom. The number of nitrogens with two attached hydrogens (primary N) is 1.